The van der Waals surface area contributed by atoms with Crippen LogP contribution in [0.1, 0.15) is 74.0 Å². The van der Waals surface area contributed by atoms with Gasteiger partial charge in [-0.2, -0.15) is 0 Å². The lowest BCUT2D eigenvalue weighted by molar-refractivity contribution is -0.125. The quantitative estimate of drug-likeness (QED) is 0.723. The molecule has 150 valence electrons. The van der Waals surface area contributed by atoms with Crippen LogP contribution in [0.3, 0.4) is 0 Å². The van der Waals surface area contributed by atoms with Gasteiger partial charge in [-0.15, -0.1) is 0 Å². The minimum Gasteiger partial charge on any atom is -0.452 e. The third-order valence-electron chi connectivity index (χ3n) is 5.43. The maximum absolute atomic E-state index is 13.0. The van der Waals surface area contributed by atoms with E-state index in [1.807, 2.05) is 31.2 Å². The molecule has 1 aromatic carbocycles. The molecule has 1 aliphatic carbocycles. The lowest BCUT2D eigenvalue weighted by Crippen LogP contribution is -2.38. The molecule has 1 aromatic heterocycles. The molecule has 0 aliphatic heterocycles. The van der Waals surface area contributed by atoms with Crippen molar-refractivity contribution in [2.24, 2.45) is 0 Å². The Morgan fingerprint density at radius 2 is 1.89 bits per heavy atom. The second-order valence-corrected chi connectivity index (χ2v) is 7.51. The average molecular weight is 383 g/mol. The fraction of sp³-hybridized carbons (Fsp3) is 0.522. The summed E-state index contributed by atoms with van der Waals surface area (Å²) in [7, 11) is 0. The minimum absolute atomic E-state index is 0.212. The SMILES string of the molecule is CCCc1nc2ccccc2c(C(=O)OCC(=O)NC2CCCCC2)c1CC. The fourth-order valence-corrected chi connectivity index (χ4v) is 4.08. The van der Waals surface area contributed by atoms with E-state index in [0.717, 1.165) is 60.7 Å². The van der Waals surface area contributed by atoms with Gasteiger partial charge in [0.1, 0.15) is 0 Å². The van der Waals surface area contributed by atoms with Gasteiger partial charge in [-0.25, -0.2) is 4.79 Å². The Balaban J connectivity index is 1.79. The summed E-state index contributed by atoms with van der Waals surface area (Å²) in [5, 5.41) is 3.78. The molecule has 28 heavy (non-hydrogen) atoms. The van der Waals surface area contributed by atoms with Crippen LogP contribution in [0.25, 0.3) is 10.9 Å². The number of fused-ring (bicyclic) bond motifs is 1. The third kappa shape index (κ3) is 4.70. The molecular weight excluding hydrogens is 352 g/mol. The van der Waals surface area contributed by atoms with Gasteiger partial charge in [0.15, 0.2) is 6.61 Å². The number of hydrogen-bond acceptors (Lipinski definition) is 4. The zero-order valence-electron chi connectivity index (χ0n) is 16.9. The molecule has 1 aliphatic rings. The Hall–Kier alpha value is -2.43. The predicted molar refractivity (Wildman–Crippen MR) is 110 cm³/mol. The van der Waals surface area contributed by atoms with Crippen LogP contribution in [0.15, 0.2) is 24.3 Å². The summed E-state index contributed by atoms with van der Waals surface area (Å²) in [6, 6.07) is 7.85. The Kier molecular flexibility index (Phi) is 7.01. The van der Waals surface area contributed by atoms with Crippen molar-refractivity contribution in [3.63, 3.8) is 0 Å². The maximum atomic E-state index is 13.0. The monoisotopic (exact) mass is 382 g/mol. The molecule has 3 rings (SSSR count). The summed E-state index contributed by atoms with van der Waals surface area (Å²) >= 11 is 0. The van der Waals surface area contributed by atoms with Gasteiger partial charge in [-0.1, -0.05) is 57.7 Å². The van der Waals surface area contributed by atoms with Gasteiger partial charge in [0.05, 0.1) is 11.1 Å². The Morgan fingerprint density at radius 3 is 2.61 bits per heavy atom. The van der Waals surface area contributed by atoms with E-state index < -0.39 is 5.97 Å². The van der Waals surface area contributed by atoms with E-state index in [2.05, 4.69) is 12.2 Å². The second-order valence-electron chi connectivity index (χ2n) is 7.51. The van der Waals surface area contributed by atoms with Gasteiger partial charge in [-0.05, 0) is 37.3 Å². The average Bonchev–Trinajstić information content (AvgIpc) is 2.72. The summed E-state index contributed by atoms with van der Waals surface area (Å²) in [6.45, 7) is 3.89. The zero-order chi connectivity index (χ0) is 19.9. The molecule has 5 heteroatoms. The van der Waals surface area contributed by atoms with E-state index in [4.69, 9.17) is 9.72 Å². The Morgan fingerprint density at radius 1 is 1.14 bits per heavy atom. The summed E-state index contributed by atoms with van der Waals surface area (Å²) in [6.07, 6.45) is 8.01. The zero-order valence-corrected chi connectivity index (χ0v) is 16.9. The number of rotatable bonds is 7. The lowest BCUT2D eigenvalue weighted by Gasteiger charge is -2.22. The first-order valence-electron chi connectivity index (χ1n) is 10.5. The van der Waals surface area contributed by atoms with E-state index in [1.165, 1.54) is 6.42 Å². The molecule has 0 bridgehead atoms. The number of aromatic nitrogens is 1. The van der Waals surface area contributed by atoms with E-state index in [-0.39, 0.29) is 18.6 Å². The van der Waals surface area contributed by atoms with Crippen molar-refractivity contribution >= 4 is 22.8 Å². The predicted octanol–water partition coefficient (Wildman–Crippen LogP) is 4.36. The number of ether oxygens (including phenoxy) is 1. The van der Waals surface area contributed by atoms with Crippen molar-refractivity contribution in [2.45, 2.75) is 71.3 Å². The van der Waals surface area contributed by atoms with Gasteiger partial charge in [0.2, 0.25) is 0 Å². The van der Waals surface area contributed by atoms with Crippen LogP contribution < -0.4 is 5.32 Å². The molecule has 0 radical (unpaired) electrons. The van der Waals surface area contributed by atoms with E-state index in [0.29, 0.717) is 12.0 Å². The van der Waals surface area contributed by atoms with Gasteiger partial charge < -0.3 is 10.1 Å². The smallest absolute Gasteiger partial charge is 0.339 e. The number of aryl methyl sites for hydroxylation is 1. The Labute approximate surface area is 166 Å². The highest BCUT2D eigenvalue weighted by Crippen LogP contribution is 2.26. The maximum Gasteiger partial charge on any atom is 0.339 e. The number of esters is 1. The third-order valence-corrected chi connectivity index (χ3v) is 5.43. The van der Waals surface area contributed by atoms with Crippen molar-refractivity contribution < 1.29 is 14.3 Å². The Bertz CT molecular complexity index is 841. The van der Waals surface area contributed by atoms with Crippen LogP contribution in [0.4, 0.5) is 0 Å². The van der Waals surface area contributed by atoms with Crippen molar-refractivity contribution in [3.05, 3.63) is 41.1 Å². The summed E-state index contributed by atoms with van der Waals surface area (Å²) in [5.41, 5.74) is 3.23. The van der Waals surface area contributed by atoms with Crippen molar-refractivity contribution in [1.82, 2.24) is 10.3 Å². The first-order valence-corrected chi connectivity index (χ1v) is 10.5. The first-order chi connectivity index (χ1) is 13.6. The van der Waals surface area contributed by atoms with E-state index in [1.54, 1.807) is 0 Å². The number of benzene rings is 1. The normalized spacial score (nSPS) is 14.8. The number of hydrogen-bond donors (Lipinski definition) is 1. The minimum atomic E-state index is -0.438. The largest absolute Gasteiger partial charge is 0.452 e. The topological polar surface area (TPSA) is 68.3 Å². The number of para-hydroxylation sites is 1. The molecule has 0 saturated heterocycles. The van der Waals surface area contributed by atoms with Crippen LogP contribution >= 0.6 is 0 Å². The molecule has 1 amide bonds. The highest BCUT2D eigenvalue weighted by Gasteiger charge is 2.22. The molecule has 1 saturated carbocycles. The fourth-order valence-electron chi connectivity index (χ4n) is 4.08. The van der Waals surface area contributed by atoms with Crippen LogP contribution in [0.5, 0.6) is 0 Å². The van der Waals surface area contributed by atoms with Gasteiger partial charge in [0.25, 0.3) is 5.91 Å². The number of amides is 1. The number of carbonyl (C=O) groups is 2. The summed E-state index contributed by atoms with van der Waals surface area (Å²) < 4.78 is 5.44. The van der Waals surface area contributed by atoms with E-state index in [9.17, 15) is 9.59 Å². The highest BCUT2D eigenvalue weighted by atomic mass is 16.5. The molecule has 1 N–H and O–H groups in total. The van der Waals surface area contributed by atoms with Gasteiger partial charge >= 0.3 is 5.97 Å². The van der Waals surface area contributed by atoms with Crippen LogP contribution in [-0.2, 0) is 22.4 Å². The van der Waals surface area contributed by atoms with Crippen molar-refractivity contribution in [1.29, 1.82) is 0 Å². The van der Waals surface area contributed by atoms with Crippen LogP contribution in [-0.4, -0.2) is 29.5 Å². The first kappa shape index (κ1) is 20.3. The molecule has 0 unspecified atom stereocenters. The number of pyridine rings is 1. The number of carbonyl (C=O) groups excluding carboxylic acids is 2. The lowest BCUT2D eigenvalue weighted by atomic mass is 9.95. The molecular formula is C23H30N2O3. The number of nitrogens with one attached hydrogen (secondary N) is 1. The summed E-state index contributed by atoms with van der Waals surface area (Å²) in [4.78, 5) is 30.0. The molecule has 5 nitrogen and oxygen atoms in total. The van der Waals surface area contributed by atoms with Gasteiger partial charge in [0, 0.05) is 17.1 Å². The van der Waals surface area contributed by atoms with Crippen molar-refractivity contribution in [2.75, 3.05) is 6.61 Å². The standard InChI is InChI=1S/C23H30N2O3/c1-3-10-19-17(4-2)22(18-13-8-9-14-20(18)25-19)23(27)28-15-21(26)24-16-11-6-5-7-12-16/h8-9,13-14,16H,3-7,10-12,15H2,1-2H3,(H,24,26). The highest BCUT2D eigenvalue weighted by molar-refractivity contribution is 6.05. The number of nitrogens with zero attached hydrogens (tertiary/aromatic N) is 1. The van der Waals surface area contributed by atoms with Gasteiger partial charge in [-0.3, -0.25) is 9.78 Å². The van der Waals surface area contributed by atoms with Crippen LogP contribution in [0.2, 0.25) is 0 Å². The van der Waals surface area contributed by atoms with Crippen LogP contribution in [0, 0.1) is 0 Å². The van der Waals surface area contributed by atoms with Crippen molar-refractivity contribution in [3.8, 4) is 0 Å². The summed E-state index contributed by atoms with van der Waals surface area (Å²) in [5.74, 6) is -0.656. The molecule has 1 heterocycles. The molecule has 0 atom stereocenters. The second kappa shape index (κ2) is 9.67. The molecule has 2 aromatic rings. The molecule has 0 spiro atoms. The van der Waals surface area contributed by atoms with E-state index >= 15 is 0 Å². The molecule has 1 fully saturated rings.